The van der Waals surface area contributed by atoms with E-state index in [1.54, 1.807) is 13.3 Å². The number of carbonyl (C=O) groups is 1. The molecule has 0 saturated heterocycles. The summed E-state index contributed by atoms with van der Waals surface area (Å²) in [6, 6.07) is 7.90. The number of amides is 1. The lowest BCUT2D eigenvalue weighted by Crippen LogP contribution is -2.33. The second kappa shape index (κ2) is 9.27. The molecule has 2 N–H and O–H groups in total. The van der Waals surface area contributed by atoms with Crippen LogP contribution in [0.1, 0.15) is 40.0 Å². The molecular formula is C20H29N3O3. The molecule has 0 bridgehead atoms. The van der Waals surface area contributed by atoms with Crippen molar-refractivity contribution in [2.75, 3.05) is 25.5 Å². The van der Waals surface area contributed by atoms with Gasteiger partial charge in [-0.3, -0.25) is 4.98 Å². The molecule has 1 aromatic carbocycles. The van der Waals surface area contributed by atoms with Crippen molar-refractivity contribution in [3.63, 3.8) is 0 Å². The number of hydrogen-bond acceptors (Lipinski definition) is 5. The number of pyridine rings is 1. The number of rotatable bonds is 8. The minimum absolute atomic E-state index is 0.354. The van der Waals surface area contributed by atoms with Crippen molar-refractivity contribution in [1.29, 1.82) is 0 Å². The van der Waals surface area contributed by atoms with Gasteiger partial charge in [-0.05, 0) is 52.2 Å². The van der Waals surface area contributed by atoms with Crippen molar-refractivity contribution in [2.45, 2.75) is 45.6 Å². The average molecular weight is 359 g/mol. The van der Waals surface area contributed by atoms with E-state index in [4.69, 9.17) is 9.47 Å². The van der Waals surface area contributed by atoms with Gasteiger partial charge in [-0.15, -0.1) is 0 Å². The summed E-state index contributed by atoms with van der Waals surface area (Å²) < 4.78 is 10.6. The van der Waals surface area contributed by atoms with Crippen molar-refractivity contribution in [3.8, 4) is 5.75 Å². The van der Waals surface area contributed by atoms with Crippen LogP contribution >= 0.6 is 0 Å². The van der Waals surface area contributed by atoms with E-state index < -0.39 is 5.60 Å². The zero-order chi connectivity index (χ0) is 19.0. The van der Waals surface area contributed by atoms with Gasteiger partial charge in [0.1, 0.15) is 16.9 Å². The molecule has 6 nitrogen and oxygen atoms in total. The Morgan fingerprint density at radius 1 is 1.12 bits per heavy atom. The molecule has 0 radical (unpaired) electrons. The Morgan fingerprint density at radius 3 is 2.62 bits per heavy atom. The van der Waals surface area contributed by atoms with E-state index in [1.165, 1.54) is 0 Å². The number of benzene rings is 1. The topological polar surface area (TPSA) is 72.5 Å². The highest BCUT2D eigenvalue weighted by atomic mass is 16.6. The second-order valence-corrected chi connectivity index (χ2v) is 7.13. The van der Waals surface area contributed by atoms with Gasteiger partial charge in [-0.25, -0.2) is 4.79 Å². The average Bonchev–Trinajstić information content (AvgIpc) is 2.59. The molecule has 0 spiro atoms. The lowest BCUT2D eigenvalue weighted by Gasteiger charge is -2.19. The van der Waals surface area contributed by atoms with Crippen molar-refractivity contribution in [2.24, 2.45) is 0 Å². The summed E-state index contributed by atoms with van der Waals surface area (Å²) in [5.74, 6) is 0.777. The smallest absolute Gasteiger partial charge is 0.407 e. The molecule has 1 heterocycles. The van der Waals surface area contributed by atoms with Gasteiger partial charge in [0.05, 0.1) is 7.11 Å². The van der Waals surface area contributed by atoms with Gasteiger partial charge in [0, 0.05) is 30.4 Å². The molecule has 2 rings (SSSR count). The molecule has 1 aromatic heterocycles. The summed E-state index contributed by atoms with van der Waals surface area (Å²) in [6.07, 6.45) is 4.40. The number of para-hydroxylation sites is 1. The maximum absolute atomic E-state index is 11.5. The van der Waals surface area contributed by atoms with Crippen LogP contribution in [-0.4, -0.2) is 36.9 Å². The second-order valence-electron chi connectivity index (χ2n) is 7.13. The van der Waals surface area contributed by atoms with E-state index in [-0.39, 0.29) is 6.09 Å². The third-order valence-corrected chi connectivity index (χ3v) is 3.79. The number of nitrogens with one attached hydrogen (secondary N) is 2. The third kappa shape index (κ3) is 6.10. The molecule has 0 fully saturated rings. The lowest BCUT2D eigenvalue weighted by molar-refractivity contribution is 0.0527. The largest absolute Gasteiger partial charge is 0.494 e. The maximum atomic E-state index is 11.5. The number of anilines is 1. The number of alkyl carbamates (subject to hydrolysis) is 1. The number of unbranched alkanes of at least 4 members (excludes halogenated alkanes) is 2. The fraction of sp³-hybridized carbons (Fsp3) is 0.500. The Hall–Kier alpha value is -2.50. The number of methoxy groups -OCH3 is 1. The maximum Gasteiger partial charge on any atom is 0.407 e. The van der Waals surface area contributed by atoms with Crippen LogP contribution in [0.25, 0.3) is 10.9 Å². The highest BCUT2D eigenvalue weighted by molar-refractivity contribution is 5.94. The van der Waals surface area contributed by atoms with Crippen LogP contribution < -0.4 is 15.4 Å². The van der Waals surface area contributed by atoms with Crippen LogP contribution in [-0.2, 0) is 4.74 Å². The number of ether oxygens (including phenoxy) is 2. The number of hydrogen-bond donors (Lipinski definition) is 2. The molecule has 26 heavy (non-hydrogen) atoms. The van der Waals surface area contributed by atoms with Gasteiger partial charge < -0.3 is 20.1 Å². The summed E-state index contributed by atoms with van der Waals surface area (Å²) in [5.41, 5.74) is 1.46. The van der Waals surface area contributed by atoms with Gasteiger partial charge in [0.25, 0.3) is 0 Å². The lowest BCUT2D eigenvalue weighted by atomic mass is 10.1. The van der Waals surface area contributed by atoms with E-state index in [1.807, 2.05) is 45.0 Å². The SMILES string of the molecule is COc1cccc2c(NCCCCCNC(=O)OC(C)(C)C)ccnc12. The van der Waals surface area contributed by atoms with E-state index in [0.717, 1.165) is 48.1 Å². The Labute approximate surface area is 155 Å². The molecule has 0 saturated carbocycles. The van der Waals surface area contributed by atoms with E-state index >= 15 is 0 Å². The Bertz CT molecular complexity index is 726. The van der Waals surface area contributed by atoms with Crippen molar-refractivity contribution in [1.82, 2.24) is 10.3 Å². The highest BCUT2D eigenvalue weighted by Crippen LogP contribution is 2.28. The minimum Gasteiger partial charge on any atom is -0.494 e. The number of fused-ring (bicyclic) bond motifs is 1. The van der Waals surface area contributed by atoms with Crippen LogP contribution in [0, 0.1) is 0 Å². The molecular weight excluding hydrogens is 330 g/mol. The number of carbonyl (C=O) groups excluding carboxylic acids is 1. The summed E-state index contributed by atoms with van der Waals surface area (Å²) in [5, 5.41) is 7.30. The fourth-order valence-corrected chi connectivity index (χ4v) is 2.62. The molecule has 142 valence electrons. The molecule has 0 aliphatic heterocycles. The third-order valence-electron chi connectivity index (χ3n) is 3.79. The minimum atomic E-state index is -0.454. The number of aromatic nitrogens is 1. The van der Waals surface area contributed by atoms with Crippen molar-refractivity contribution in [3.05, 3.63) is 30.5 Å². The first-order valence-electron chi connectivity index (χ1n) is 9.03. The molecule has 0 aliphatic rings. The zero-order valence-corrected chi connectivity index (χ0v) is 16.1. The quantitative estimate of drug-likeness (QED) is 0.686. The van der Waals surface area contributed by atoms with E-state index in [0.29, 0.717) is 6.54 Å². The first-order valence-corrected chi connectivity index (χ1v) is 9.03. The molecule has 6 heteroatoms. The standard InChI is InChI=1S/C20H29N3O3/c1-20(2,3)26-19(24)23-13-7-5-6-12-21-16-11-14-22-18-15(16)9-8-10-17(18)25-4/h8-11,14H,5-7,12-13H2,1-4H3,(H,21,22)(H,23,24). The van der Waals surface area contributed by atoms with Gasteiger partial charge in [-0.1, -0.05) is 12.1 Å². The molecule has 0 unspecified atom stereocenters. The Kier molecular flexibility index (Phi) is 7.06. The van der Waals surface area contributed by atoms with Crippen LogP contribution in [0.15, 0.2) is 30.5 Å². The van der Waals surface area contributed by atoms with Gasteiger partial charge in [0.2, 0.25) is 0 Å². The first-order chi connectivity index (χ1) is 12.4. The van der Waals surface area contributed by atoms with E-state index in [2.05, 4.69) is 15.6 Å². The first kappa shape index (κ1) is 19.8. The normalized spacial score (nSPS) is 11.2. The van der Waals surface area contributed by atoms with Gasteiger partial charge in [-0.2, -0.15) is 0 Å². The predicted octanol–water partition coefficient (Wildman–Crippen LogP) is 4.35. The summed E-state index contributed by atoms with van der Waals surface area (Å²) in [4.78, 5) is 16.0. The van der Waals surface area contributed by atoms with Gasteiger partial charge in [0.15, 0.2) is 0 Å². The summed E-state index contributed by atoms with van der Waals surface area (Å²) >= 11 is 0. The highest BCUT2D eigenvalue weighted by Gasteiger charge is 2.15. The zero-order valence-electron chi connectivity index (χ0n) is 16.1. The molecule has 1 amide bonds. The van der Waals surface area contributed by atoms with Crippen LogP contribution in [0.5, 0.6) is 5.75 Å². The number of nitrogens with zero attached hydrogens (tertiary/aromatic N) is 1. The van der Waals surface area contributed by atoms with Crippen molar-refractivity contribution < 1.29 is 14.3 Å². The predicted molar refractivity (Wildman–Crippen MR) is 105 cm³/mol. The summed E-state index contributed by atoms with van der Waals surface area (Å²) in [6.45, 7) is 7.07. The van der Waals surface area contributed by atoms with Gasteiger partial charge >= 0.3 is 6.09 Å². The van der Waals surface area contributed by atoms with Crippen molar-refractivity contribution >= 4 is 22.7 Å². The fourth-order valence-electron chi connectivity index (χ4n) is 2.62. The van der Waals surface area contributed by atoms with Crippen LogP contribution in [0.4, 0.5) is 10.5 Å². The Balaban J connectivity index is 1.71. The summed E-state index contributed by atoms with van der Waals surface area (Å²) in [7, 11) is 1.65. The van der Waals surface area contributed by atoms with E-state index in [9.17, 15) is 4.79 Å². The molecule has 2 aromatic rings. The van der Waals surface area contributed by atoms with Crippen LogP contribution in [0.2, 0.25) is 0 Å². The molecule has 0 atom stereocenters. The van der Waals surface area contributed by atoms with Crippen LogP contribution in [0.3, 0.4) is 0 Å². The monoisotopic (exact) mass is 359 g/mol. The Morgan fingerprint density at radius 2 is 1.88 bits per heavy atom. The molecule has 0 aliphatic carbocycles.